The van der Waals surface area contributed by atoms with Crippen LogP contribution in [0.4, 0.5) is 11.5 Å². The number of hydrogen-bond acceptors (Lipinski definition) is 4. The quantitative estimate of drug-likeness (QED) is 0.844. The summed E-state index contributed by atoms with van der Waals surface area (Å²) in [6.45, 7) is 2.76. The molecule has 2 aromatic rings. The fraction of sp³-hybridized carbons (Fsp3) is 0.286. The number of aryl methyl sites for hydroxylation is 1. The normalized spacial score (nSPS) is 10.3. The second-order valence-electron chi connectivity index (χ2n) is 4.11. The Bertz CT molecular complexity index is 493. The second-order valence-corrected chi connectivity index (χ2v) is 4.11. The number of benzene rings is 1. The molecule has 18 heavy (non-hydrogen) atoms. The Labute approximate surface area is 107 Å². The molecule has 0 saturated carbocycles. The van der Waals surface area contributed by atoms with Gasteiger partial charge >= 0.3 is 0 Å². The number of anilines is 2. The van der Waals surface area contributed by atoms with E-state index in [2.05, 4.69) is 34.3 Å². The van der Waals surface area contributed by atoms with Gasteiger partial charge in [0.1, 0.15) is 12.1 Å². The van der Waals surface area contributed by atoms with Crippen molar-refractivity contribution in [3.05, 3.63) is 47.9 Å². The van der Waals surface area contributed by atoms with E-state index in [1.165, 1.54) is 5.56 Å². The van der Waals surface area contributed by atoms with Crippen LogP contribution in [0.1, 0.15) is 18.2 Å². The average molecular weight is 242 g/mol. The van der Waals surface area contributed by atoms with Gasteiger partial charge in [0, 0.05) is 17.4 Å². The van der Waals surface area contributed by atoms with Gasteiger partial charge in [-0.05, 0) is 37.1 Å². The monoisotopic (exact) mass is 242 g/mol. The van der Waals surface area contributed by atoms with Crippen LogP contribution in [-0.4, -0.2) is 16.5 Å². The summed E-state index contributed by atoms with van der Waals surface area (Å²) in [6.07, 6.45) is 3.41. The molecule has 1 heterocycles. The van der Waals surface area contributed by atoms with E-state index in [1.54, 1.807) is 6.33 Å². The van der Waals surface area contributed by atoms with Crippen LogP contribution >= 0.6 is 0 Å². The molecule has 2 rings (SSSR count). The van der Waals surface area contributed by atoms with Gasteiger partial charge in [0.2, 0.25) is 0 Å². The summed E-state index contributed by atoms with van der Waals surface area (Å²) in [5.74, 6) is 0.827. The Kier molecular flexibility index (Phi) is 4.25. The lowest BCUT2D eigenvalue weighted by atomic mass is 10.1. The van der Waals surface area contributed by atoms with Crippen molar-refractivity contribution in [1.82, 2.24) is 9.97 Å². The van der Waals surface area contributed by atoms with Crippen molar-refractivity contribution in [3.63, 3.8) is 0 Å². The average Bonchev–Trinajstić information content (AvgIpc) is 2.42. The molecule has 0 bridgehead atoms. The molecule has 0 aliphatic carbocycles. The Morgan fingerprint density at radius 3 is 2.61 bits per heavy atom. The van der Waals surface area contributed by atoms with E-state index >= 15 is 0 Å². The van der Waals surface area contributed by atoms with Gasteiger partial charge in [-0.25, -0.2) is 9.97 Å². The molecule has 0 fully saturated rings. The van der Waals surface area contributed by atoms with Crippen LogP contribution in [0.25, 0.3) is 0 Å². The largest absolute Gasteiger partial charge is 0.340 e. The zero-order valence-corrected chi connectivity index (χ0v) is 10.6. The number of nitrogens with one attached hydrogen (secondary N) is 1. The molecular formula is C14H18N4. The highest BCUT2D eigenvalue weighted by Gasteiger charge is 1.98. The lowest BCUT2D eigenvalue weighted by Crippen LogP contribution is -2.02. The van der Waals surface area contributed by atoms with Gasteiger partial charge in [0.25, 0.3) is 0 Å². The van der Waals surface area contributed by atoms with Crippen LogP contribution in [-0.2, 0) is 12.8 Å². The lowest BCUT2D eigenvalue weighted by Gasteiger charge is -2.07. The van der Waals surface area contributed by atoms with Gasteiger partial charge in [-0.2, -0.15) is 0 Å². The molecule has 0 saturated heterocycles. The first-order valence-electron chi connectivity index (χ1n) is 6.18. The van der Waals surface area contributed by atoms with Gasteiger partial charge in [-0.1, -0.05) is 19.1 Å². The molecule has 1 aromatic carbocycles. The zero-order chi connectivity index (χ0) is 12.8. The van der Waals surface area contributed by atoms with Crippen LogP contribution in [0, 0.1) is 0 Å². The molecule has 0 radical (unpaired) electrons. The first-order valence-corrected chi connectivity index (χ1v) is 6.18. The summed E-state index contributed by atoms with van der Waals surface area (Å²) >= 11 is 0. The topological polar surface area (TPSA) is 63.8 Å². The smallest absolute Gasteiger partial charge is 0.133 e. The van der Waals surface area contributed by atoms with Crippen LogP contribution in [0.5, 0.6) is 0 Å². The molecule has 0 spiro atoms. The Balaban J connectivity index is 2.08. The maximum absolute atomic E-state index is 5.52. The number of nitrogens with zero attached hydrogens (tertiary/aromatic N) is 2. The van der Waals surface area contributed by atoms with E-state index < -0.39 is 0 Å². The highest BCUT2D eigenvalue weighted by molar-refractivity contribution is 5.56. The van der Waals surface area contributed by atoms with Crippen LogP contribution in [0.15, 0.2) is 36.7 Å². The summed E-state index contributed by atoms with van der Waals surface area (Å²) in [6, 6.07) is 10.2. The van der Waals surface area contributed by atoms with E-state index in [0.29, 0.717) is 6.54 Å². The number of nitrogens with two attached hydrogens (primary N) is 1. The minimum Gasteiger partial charge on any atom is -0.340 e. The summed E-state index contributed by atoms with van der Waals surface area (Å²) in [7, 11) is 0. The van der Waals surface area contributed by atoms with Crippen LogP contribution in [0.2, 0.25) is 0 Å². The predicted molar refractivity (Wildman–Crippen MR) is 73.9 cm³/mol. The van der Waals surface area contributed by atoms with E-state index in [0.717, 1.165) is 30.0 Å². The number of rotatable bonds is 5. The van der Waals surface area contributed by atoms with Crippen molar-refractivity contribution in [3.8, 4) is 0 Å². The van der Waals surface area contributed by atoms with Gasteiger partial charge in [0.05, 0.1) is 0 Å². The SMILES string of the molecule is CCc1cc(Nc2ccc(CCN)cc2)ncn1. The molecular weight excluding hydrogens is 224 g/mol. The van der Waals surface area contributed by atoms with E-state index in [4.69, 9.17) is 5.73 Å². The molecule has 4 nitrogen and oxygen atoms in total. The molecule has 0 atom stereocenters. The van der Waals surface area contributed by atoms with Crippen molar-refractivity contribution < 1.29 is 0 Å². The van der Waals surface area contributed by atoms with Crippen molar-refractivity contribution >= 4 is 11.5 Å². The Morgan fingerprint density at radius 2 is 1.94 bits per heavy atom. The Hall–Kier alpha value is -1.94. The van der Waals surface area contributed by atoms with Gasteiger partial charge in [-0.15, -0.1) is 0 Å². The van der Waals surface area contributed by atoms with Crippen molar-refractivity contribution in [2.75, 3.05) is 11.9 Å². The fourth-order valence-electron chi connectivity index (χ4n) is 1.73. The minimum absolute atomic E-state index is 0.679. The minimum atomic E-state index is 0.679. The standard InChI is InChI=1S/C14H18N4/c1-2-12-9-14(17-10-16-12)18-13-5-3-11(4-6-13)7-8-15/h3-6,9-10H,2,7-8,15H2,1H3,(H,16,17,18). The number of hydrogen-bond donors (Lipinski definition) is 2. The zero-order valence-electron chi connectivity index (χ0n) is 10.6. The van der Waals surface area contributed by atoms with Crippen molar-refractivity contribution in [2.45, 2.75) is 19.8 Å². The van der Waals surface area contributed by atoms with Crippen LogP contribution < -0.4 is 11.1 Å². The molecule has 0 unspecified atom stereocenters. The molecule has 4 heteroatoms. The predicted octanol–water partition coefficient (Wildman–Crippen LogP) is 2.28. The van der Waals surface area contributed by atoms with Crippen molar-refractivity contribution in [2.24, 2.45) is 5.73 Å². The number of aromatic nitrogens is 2. The lowest BCUT2D eigenvalue weighted by molar-refractivity contribution is 0.969. The van der Waals surface area contributed by atoms with Gasteiger partial charge < -0.3 is 11.1 Å². The van der Waals surface area contributed by atoms with E-state index in [-0.39, 0.29) is 0 Å². The van der Waals surface area contributed by atoms with E-state index in [1.807, 2.05) is 18.2 Å². The summed E-state index contributed by atoms with van der Waals surface area (Å²) in [5.41, 5.74) is 8.83. The maximum atomic E-state index is 5.52. The van der Waals surface area contributed by atoms with Gasteiger partial charge in [-0.3, -0.25) is 0 Å². The van der Waals surface area contributed by atoms with E-state index in [9.17, 15) is 0 Å². The highest BCUT2D eigenvalue weighted by atomic mass is 15.0. The first-order chi connectivity index (χ1) is 8.81. The molecule has 0 aliphatic rings. The van der Waals surface area contributed by atoms with Crippen LogP contribution in [0.3, 0.4) is 0 Å². The first kappa shape index (κ1) is 12.5. The maximum Gasteiger partial charge on any atom is 0.133 e. The third-order valence-corrected chi connectivity index (χ3v) is 2.75. The molecule has 94 valence electrons. The molecule has 3 N–H and O–H groups in total. The third-order valence-electron chi connectivity index (χ3n) is 2.75. The second kappa shape index (κ2) is 6.12. The summed E-state index contributed by atoms with van der Waals surface area (Å²) < 4.78 is 0. The molecule has 0 aliphatic heterocycles. The molecule has 0 amide bonds. The summed E-state index contributed by atoms with van der Waals surface area (Å²) in [4.78, 5) is 8.37. The fourth-order valence-corrected chi connectivity index (χ4v) is 1.73. The van der Waals surface area contributed by atoms with Crippen molar-refractivity contribution in [1.29, 1.82) is 0 Å². The molecule has 1 aromatic heterocycles. The third kappa shape index (κ3) is 3.28. The Morgan fingerprint density at radius 1 is 1.17 bits per heavy atom. The summed E-state index contributed by atoms with van der Waals surface area (Å²) in [5, 5.41) is 3.27. The highest BCUT2D eigenvalue weighted by Crippen LogP contribution is 2.15. The van der Waals surface area contributed by atoms with Gasteiger partial charge in [0.15, 0.2) is 0 Å².